The SMILES string of the molecule is CCOCCOc1ccc(S(=O)(=O)NC2CCC(N)CC2)cc1.Cl. The molecule has 1 aliphatic rings. The summed E-state index contributed by atoms with van der Waals surface area (Å²) >= 11 is 0. The lowest BCUT2D eigenvalue weighted by Gasteiger charge is -2.26. The normalized spacial score (nSPS) is 21.1. The van der Waals surface area contributed by atoms with Crippen molar-refractivity contribution < 1.29 is 17.9 Å². The Morgan fingerprint density at radius 3 is 2.33 bits per heavy atom. The second-order valence-electron chi connectivity index (χ2n) is 5.75. The minimum Gasteiger partial charge on any atom is -0.491 e. The molecule has 0 bridgehead atoms. The third-order valence-electron chi connectivity index (χ3n) is 3.93. The van der Waals surface area contributed by atoms with Gasteiger partial charge in [0.25, 0.3) is 0 Å². The molecule has 0 saturated heterocycles. The van der Waals surface area contributed by atoms with Crippen molar-refractivity contribution in [1.82, 2.24) is 4.72 Å². The van der Waals surface area contributed by atoms with Gasteiger partial charge in [0.2, 0.25) is 10.0 Å². The molecule has 1 aliphatic carbocycles. The lowest BCUT2D eigenvalue weighted by molar-refractivity contribution is 0.110. The Morgan fingerprint density at radius 2 is 1.75 bits per heavy atom. The zero-order valence-corrected chi connectivity index (χ0v) is 15.6. The smallest absolute Gasteiger partial charge is 0.240 e. The molecule has 138 valence electrons. The van der Waals surface area contributed by atoms with Crippen LogP contribution in [0, 0.1) is 0 Å². The number of halogens is 1. The van der Waals surface area contributed by atoms with Gasteiger partial charge in [-0.1, -0.05) is 0 Å². The lowest BCUT2D eigenvalue weighted by atomic mass is 9.93. The van der Waals surface area contributed by atoms with E-state index in [1.807, 2.05) is 6.92 Å². The highest BCUT2D eigenvalue weighted by atomic mass is 35.5. The van der Waals surface area contributed by atoms with Gasteiger partial charge in [0.15, 0.2) is 0 Å². The summed E-state index contributed by atoms with van der Waals surface area (Å²) in [7, 11) is -3.49. The van der Waals surface area contributed by atoms with E-state index in [1.54, 1.807) is 24.3 Å². The third kappa shape index (κ3) is 6.57. The van der Waals surface area contributed by atoms with Crippen molar-refractivity contribution in [2.24, 2.45) is 5.73 Å². The van der Waals surface area contributed by atoms with Crippen LogP contribution in [-0.4, -0.2) is 40.3 Å². The Labute approximate surface area is 150 Å². The van der Waals surface area contributed by atoms with Gasteiger partial charge in [-0.25, -0.2) is 13.1 Å². The summed E-state index contributed by atoms with van der Waals surface area (Å²) in [6.07, 6.45) is 3.30. The fourth-order valence-corrected chi connectivity index (χ4v) is 3.91. The molecule has 0 atom stereocenters. The zero-order valence-electron chi connectivity index (χ0n) is 13.9. The van der Waals surface area contributed by atoms with Gasteiger partial charge < -0.3 is 15.2 Å². The van der Waals surface area contributed by atoms with Crippen LogP contribution in [0.5, 0.6) is 5.75 Å². The van der Waals surface area contributed by atoms with E-state index in [9.17, 15) is 8.42 Å². The molecule has 0 heterocycles. The molecule has 0 aliphatic heterocycles. The highest BCUT2D eigenvalue weighted by molar-refractivity contribution is 7.89. The topological polar surface area (TPSA) is 90.6 Å². The molecule has 3 N–H and O–H groups in total. The van der Waals surface area contributed by atoms with Crippen LogP contribution in [0.15, 0.2) is 29.2 Å². The third-order valence-corrected chi connectivity index (χ3v) is 5.46. The monoisotopic (exact) mass is 378 g/mol. The first kappa shape index (κ1) is 21.2. The van der Waals surface area contributed by atoms with Crippen molar-refractivity contribution in [3.8, 4) is 5.75 Å². The van der Waals surface area contributed by atoms with Crippen LogP contribution in [0.1, 0.15) is 32.6 Å². The molecule has 8 heteroatoms. The average molecular weight is 379 g/mol. The highest BCUT2D eigenvalue weighted by Crippen LogP contribution is 2.21. The Morgan fingerprint density at radius 1 is 1.12 bits per heavy atom. The van der Waals surface area contributed by atoms with E-state index in [2.05, 4.69) is 4.72 Å². The van der Waals surface area contributed by atoms with E-state index in [0.29, 0.717) is 25.6 Å². The Bertz CT molecular complexity index is 572. The summed E-state index contributed by atoms with van der Waals surface area (Å²) in [6, 6.07) is 6.62. The van der Waals surface area contributed by atoms with Crippen LogP contribution in [0.4, 0.5) is 0 Å². The molecule has 1 aromatic rings. The summed E-state index contributed by atoms with van der Waals surface area (Å²) in [5.41, 5.74) is 5.85. The molecular formula is C16H27ClN2O4S. The van der Waals surface area contributed by atoms with Gasteiger partial charge in [0.05, 0.1) is 11.5 Å². The molecule has 0 radical (unpaired) electrons. The maximum absolute atomic E-state index is 12.4. The summed E-state index contributed by atoms with van der Waals surface area (Å²) in [4.78, 5) is 0.254. The molecule has 1 saturated carbocycles. The number of benzene rings is 1. The van der Waals surface area contributed by atoms with Crippen LogP contribution in [-0.2, 0) is 14.8 Å². The van der Waals surface area contributed by atoms with Crippen molar-refractivity contribution in [3.05, 3.63) is 24.3 Å². The number of hydrogen-bond donors (Lipinski definition) is 2. The van der Waals surface area contributed by atoms with E-state index < -0.39 is 10.0 Å². The van der Waals surface area contributed by atoms with Crippen molar-refractivity contribution in [3.63, 3.8) is 0 Å². The predicted molar refractivity (Wildman–Crippen MR) is 96.2 cm³/mol. The second kappa shape index (κ2) is 10.2. The second-order valence-corrected chi connectivity index (χ2v) is 7.46. The zero-order chi connectivity index (χ0) is 16.7. The minimum absolute atomic E-state index is 0. The molecule has 2 rings (SSSR count). The number of nitrogens with two attached hydrogens (primary N) is 1. The van der Waals surface area contributed by atoms with Crippen molar-refractivity contribution in [1.29, 1.82) is 0 Å². The van der Waals surface area contributed by atoms with Gasteiger partial charge >= 0.3 is 0 Å². The number of rotatable bonds is 8. The van der Waals surface area contributed by atoms with Crippen LogP contribution in [0.25, 0.3) is 0 Å². The molecule has 1 aromatic carbocycles. The maximum Gasteiger partial charge on any atom is 0.240 e. The van der Waals surface area contributed by atoms with Gasteiger partial charge in [-0.15, -0.1) is 12.4 Å². The first-order chi connectivity index (χ1) is 11.0. The van der Waals surface area contributed by atoms with Gasteiger partial charge in [-0.3, -0.25) is 0 Å². The first-order valence-corrected chi connectivity index (χ1v) is 9.58. The Balaban J connectivity index is 0.00000288. The number of sulfonamides is 1. The van der Waals surface area contributed by atoms with Crippen molar-refractivity contribution >= 4 is 22.4 Å². The number of ether oxygens (including phenoxy) is 2. The van der Waals surface area contributed by atoms with E-state index in [0.717, 1.165) is 25.7 Å². The summed E-state index contributed by atoms with van der Waals surface area (Å²) in [5.74, 6) is 0.632. The Hall–Kier alpha value is -0.860. The predicted octanol–water partition coefficient (Wildman–Crippen LogP) is 2.07. The summed E-state index contributed by atoms with van der Waals surface area (Å²) in [5, 5.41) is 0. The number of nitrogens with one attached hydrogen (secondary N) is 1. The molecule has 24 heavy (non-hydrogen) atoms. The van der Waals surface area contributed by atoms with E-state index in [1.165, 1.54) is 0 Å². The van der Waals surface area contributed by atoms with Gasteiger partial charge in [0.1, 0.15) is 12.4 Å². The van der Waals surface area contributed by atoms with E-state index in [-0.39, 0.29) is 29.4 Å². The standard InChI is InChI=1S/C16H26N2O4S.ClH/c1-2-21-11-12-22-15-7-9-16(10-8-15)23(19,20)18-14-5-3-13(17)4-6-14;/h7-10,13-14,18H,2-6,11-12,17H2,1H3;1H. The first-order valence-electron chi connectivity index (χ1n) is 8.10. The van der Waals surface area contributed by atoms with Gasteiger partial charge in [-0.05, 0) is 56.9 Å². The highest BCUT2D eigenvalue weighted by Gasteiger charge is 2.24. The largest absolute Gasteiger partial charge is 0.491 e. The quantitative estimate of drug-likeness (QED) is 0.676. The average Bonchev–Trinajstić information content (AvgIpc) is 2.54. The van der Waals surface area contributed by atoms with Crippen LogP contribution >= 0.6 is 12.4 Å². The molecule has 6 nitrogen and oxygen atoms in total. The van der Waals surface area contributed by atoms with E-state index >= 15 is 0 Å². The molecule has 1 fully saturated rings. The van der Waals surface area contributed by atoms with Crippen LogP contribution in [0.3, 0.4) is 0 Å². The summed E-state index contributed by atoms with van der Waals surface area (Å²) in [6.45, 7) is 3.54. The summed E-state index contributed by atoms with van der Waals surface area (Å²) < 4.78 is 38.2. The molecular weight excluding hydrogens is 352 g/mol. The number of hydrogen-bond acceptors (Lipinski definition) is 5. The lowest BCUT2D eigenvalue weighted by Crippen LogP contribution is -2.40. The fraction of sp³-hybridized carbons (Fsp3) is 0.625. The van der Waals surface area contributed by atoms with E-state index in [4.69, 9.17) is 15.2 Å². The van der Waals surface area contributed by atoms with Crippen LogP contribution in [0.2, 0.25) is 0 Å². The maximum atomic E-state index is 12.4. The van der Waals surface area contributed by atoms with Crippen LogP contribution < -0.4 is 15.2 Å². The van der Waals surface area contributed by atoms with Gasteiger partial charge in [-0.2, -0.15) is 0 Å². The van der Waals surface area contributed by atoms with Crippen molar-refractivity contribution in [2.45, 2.75) is 49.6 Å². The molecule has 0 unspecified atom stereocenters. The molecule has 0 aromatic heterocycles. The molecule has 0 amide bonds. The van der Waals surface area contributed by atoms with Crippen molar-refractivity contribution in [2.75, 3.05) is 19.8 Å². The Kier molecular flexibility index (Phi) is 9.01. The fourth-order valence-electron chi connectivity index (χ4n) is 2.60. The molecule has 0 spiro atoms. The minimum atomic E-state index is -3.49. The van der Waals surface area contributed by atoms with Gasteiger partial charge in [0, 0.05) is 18.7 Å².